The highest BCUT2D eigenvalue weighted by Crippen LogP contribution is 2.35. The minimum Gasteiger partial charge on any atom is -0.457 e. The highest BCUT2D eigenvalue weighted by Gasteiger charge is 2.46. The monoisotopic (exact) mass is 301 g/mol. The molecule has 116 valence electrons. The molecule has 1 amide bonds. The number of ether oxygens (including phenoxy) is 2. The van der Waals surface area contributed by atoms with Gasteiger partial charge in [0.25, 0.3) is 0 Å². The summed E-state index contributed by atoms with van der Waals surface area (Å²) in [7, 11) is 0. The molecule has 2 saturated heterocycles. The molecule has 1 aromatic rings. The number of nitrogens with zero attached hydrogens (tertiary/aromatic N) is 1. The second-order valence-corrected chi connectivity index (χ2v) is 5.47. The van der Waals surface area contributed by atoms with E-state index in [4.69, 9.17) is 9.47 Å². The topological polar surface area (TPSA) is 55.8 Å². The molecule has 0 N–H and O–H groups in total. The number of carbonyl (C=O) groups is 2. The maximum Gasteiger partial charge on any atom is 0.336 e. The fourth-order valence-corrected chi connectivity index (χ4v) is 2.75. The molecule has 5 nitrogen and oxygen atoms in total. The van der Waals surface area contributed by atoms with Crippen LogP contribution in [-0.4, -0.2) is 29.6 Å². The van der Waals surface area contributed by atoms with Gasteiger partial charge in [-0.15, -0.1) is 0 Å². The van der Waals surface area contributed by atoms with Crippen molar-refractivity contribution in [1.82, 2.24) is 4.90 Å². The van der Waals surface area contributed by atoms with Crippen LogP contribution in [0.3, 0.4) is 0 Å². The maximum atomic E-state index is 12.4. The van der Waals surface area contributed by atoms with Crippen LogP contribution in [0.5, 0.6) is 0 Å². The Labute approximate surface area is 129 Å². The number of β-lactam (4-membered cyclic amide) rings is 1. The number of hydrogen-bond donors (Lipinski definition) is 0. The van der Waals surface area contributed by atoms with E-state index in [9.17, 15) is 9.59 Å². The van der Waals surface area contributed by atoms with Crippen LogP contribution in [0.4, 0.5) is 0 Å². The van der Waals surface area contributed by atoms with Gasteiger partial charge in [0.2, 0.25) is 5.91 Å². The van der Waals surface area contributed by atoms with Crippen molar-refractivity contribution in [2.75, 3.05) is 6.61 Å². The molecule has 2 aliphatic heterocycles. The summed E-state index contributed by atoms with van der Waals surface area (Å²) in [6.45, 7) is 2.54. The van der Waals surface area contributed by atoms with Crippen molar-refractivity contribution in [2.45, 2.75) is 39.0 Å². The number of amides is 1. The van der Waals surface area contributed by atoms with Gasteiger partial charge in [0.1, 0.15) is 12.8 Å². The number of carbonyl (C=O) groups excluding carboxylic acids is 2. The predicted octanol–water partition coefficient (Wildman–Crippen LogP) is 2.37. The zero-order valence-electron chi connectivity index (χ0n) is 12.6. The third-order valence-corrected chi connectivity index (χ3v) is 3.92. The summed E-state index contributed by atoms with van der Waals surface area (Å²) >= 11 is 0. The summed E-state index contributed by atoms with van der Waals surface area (Å²) < 4.78 is 10.9. The average molecular weight is 301 g/mol. The van der Waals surface area contributed by atoms with Crippen molar-refractivity contribution in [3.8, 4) is 0 Å². The van der Waals surface area contributed by atoms with E-state index in [0.717, 1.165) is 12.0 Å². The number of esters is 1. The third-order valence-electron chi connectivity index (χ3n) is 3.92. The van der Waals surface area contributed by atoms with E-state index in [1.54, 1.807) is 4.90 Å². The molecule has 0 aromatic heterocycles. The standard InChI is InChI=1S/C17H19NO4/c1-2-6-13(14-11-21-16-9-15(19)18(14)16)17(20)22-10-12-7-4-3-5-8-12/h3-5,7-8,16H,2,6,9-11H2,1H3/b14-13-. The highest BCUT2D eigenvalue weighted by molar-refractivity contribution is 5.92. The lowest BCUT2D eigenvalue weighted by molar-refractivity contribution is -0.153. The van der Waals surface area contributed by atoms with Crippen molar-refractivity contribution in [2.24, 2.45) is 0 Å². The second-order valence-electron chi connectivity index (χ2n) is 5.47. The molecular formula is C17H19NO4. The van der Waals surface area contributed by atoms with Crippen LogP contribution in [-0.2, 0) is 25.7 Å². The van der Waals surface area contributed by atoms with Gasteiger partial charge in [-0.05, 0) is 12.0 Å². The zero-order chi connectivity index (χ0) is 15.5. The lowest BCUT2D eigenvalue weighted by Crippen LogP contribution is -2.48. The minimum atomic E-state index is -0.357. The van der Waals surface area contributed by atoms with Crippen molar-refractivity contribution in [3.63, 3.8) is 0 Å². The van der Waals surface area contributed by atoms with E-state index in [1.165, 1.54) is 0 Å². The first kappa shape index (κ1) is 14.8. The van der Waals surface area contributed by atoms with E-state index in [-0.39, 0.29) is 24.7 Å². The Morgan fingerprint density at radius 1 is 1.36 bits per heavy atom. The van der Waals surface area contributed by atoms with Gasteiger partial charge < -0.3 is 9.47 Å². The fraction of sp³-hybridized carbons (Fsp3) is 0.412. The van der Waals surface area contributed by atoms with Crippen LogP contribution in [0.15, 0.2) is 41.6 Å². The number of hydrogen-bond acceptors (Lipinski definition) is 4. The zero-order valence-corrected chi connectivity index (χ0v) is 12.6. The van der Waals surface area contributed by atoms with Gasteiger partial charge in [-0.3, -0.25) is 9.69 Å². The van der Waals surface area contributed by atoms with Crippen LogP contribution in [0.25, 0.3) is 0 Å². The molecule has 1 aromatic carbocycles. The number of benzene rings is 1. The summed E-state index contributed by atoms with van der Waals surface area (Å²) in [5.74, 6) is -0.341. The van der Waals surface area contributed by atoms with E-state index >= 15 is 0 Å². The van der Waals surface area contributed by atoms with Crippen molar-refractivity contribution in [1.29, 1.82) is 0 Å². The summed E-state index contributed by atoms with van der Waals surface area (Å²) in [6.07, 6.45) is 1.62. The summed E-state index contributed by atoms with van der Waals surface area (Å²) in [6, 6.07) is 9.55. The van der Waals surface area contributed by atoms with Crippen LogP contribution in [0, 0.1) is 0 Å². The Hall–Kier alpha value is -2.14. The lowest BCUT2D eigenvalue weighted by Gasteiger charge is -2.33. The Morgan fingerprint density at radius 2 is 2.14 bits per heavy atom. The third kappa shape index (κ3) is 2.76. The Bertz CT molecular complexity index is 608. The van der Waals surface area contributed by atoms with Crippen molar-refractivity contribution >= 4 is 11.9 Å². The van der Waals surface area contributed by atoms with Gasteiger partial charge in [-0.1, -0.05) is 43.7 Å². The van der Waals surface area contributed by atoms with Crippen LogP contribution in [0.2, 0.25) is 0 Å². The molecule has 22 heavy (non-hydrogen) atoms. The highest BCUT2D eigenvalue weighted by atomic mass is 16.5. The van der Waals surface area contributed by atoms with Gasteiger partial charge >= 0.3 is 5.97 Å². The lowest BCUT2D eigenvalue weighted by atomic mass is 10.1. The van der Waals surface area contributed by atoms with Crippen LogP contribution >= 0.6 is 0 Å². The Morgan fingerprint density at radius 3 is 2.82 bits per heavy atom. The minimum absolute atomic E-state index is 0.0157. The van der Waals surface area contributed by atoms with E-state index < -0.39 is 0 Å². The van der Waals surface area contributed by atoms with Gasteiger partial charge in [-0.2, -0.15) is 0 Å². The number of fused-ring (bicyclic) bond motifs is 1. The van der Waals surface area contributed by atoms with Crippen LogP contribution in [0.1, 0.15) is 31.7 Å². The predicted molar refractivity (Wildman–Crippen MR) is 79.4 cm³/mol. The van der Waals surface area contributed by atoms with E-state index in [1.807, 2.05) is 37.3 Å². The van der Waals surface area contributed by atoms with Gasteiger partial charge in [0, 0.05) is 0 Å². The maximum absolute atomic E-state index is 12.4. The molecular weight excluding hydrogens is 282 g/mol. The molecule has 3 rings (SSSR count). The van der Waals surface area contributed by atoms with Crippen molar-refractivity contribution < 1.29 is 19.1 Å². The summed E-state index contributed by atoms with van der Waals surface area (Å²) in [5.41, 5.74) is 2.19. The molecule has 0 radical (unpaired) electrons. The van der Waals surface area contributed by atoms with Crippen molar-refractivity contribution in [3.05, 3.63) is 47.2 Å². The molecule has 1 unspecified atom stereocenters. The molecule has 0 aliphatic carbocycles. The SMILES string of the molecule is CCC/C(C(=O)OCc1ccccc1)=C1\COC2CC(=O)N12. The molecule has 0 spiro atoms. The Kier molecular flexibility index (Phi) is 4.24. The molecule has 5 heteroatoms. The smallest absolute Gasteiger partial charge is 0.336 e. The largest absolute Gasteiger partial charge is 0.457 e. The molecule has 0 bridgehead atoms. The first-order valence-electron chi connectivity index (χ1n) is 7.57. The molecule has 2 heterocycles. The molecule has 0 saturated carbocycles. The van der Waals surface area contributed by atoms with E-state index in [0.29, 0.717) is 30.7 Å². The summed E-state index contributed by atoms with van der Waals surface area (Å²) in [5, 5.41) is 0. The number of rotatable bonds is 5. The average Bonchev–Trinajstić information content (AvgIpc) is 2.87. The van der Waals surface area contributed by atoms with Gasteiger partial charge in [-0.25, -0.2) is 4.79 Å². The molecule has 1 atom stereocenters. The molecule has 2 aliphatic rings. The fourth-order valence-electron chi connectivity index (χ4n) is 2.75. The summed E-state index contributed by atoms with van der Waals surface area (Å²) in [4.78, 5) is 25.7. The second kappa shape index (κ2) is 6.32. The van der Waals surface area contributed by atoms with Gasteiger partial charge in [0.05, 0.1) is 24.3 Å². The first-order chi connectivity index (χ1) is 10.7. The molecule has 2 fully saturated rings. The Balaban J connectivity index is 1.73. The first-order valence-corrected chi connectivity index (χ1v) is 7.57. The quantitative estimate of drug-likeness (QED) is 0.476. The van der Waals surface area contributed by atoms with E-state index in [2.05, 4.69) is 0 Å². The van der Waals surface area contributed by atoms with Gasteiger partial charge in [0.15, 0.2) is 0 Å². The van der Waals surface area contributed by atoms with Crippen LogP contribution < -0.4 is 0 Å². The normalized spacial score (nSPS) is 22.1.